The Morgan fingerprint density at radius 2 is 1.56 bits per heavy atom. The maximum atomic E-state index is 11.7. The summed E-state index contributed by atoms with van der Waals surface area (Å²) in [7, 11) is -4.67. The van der Waals surface area contributed by atoms with Gasteiger partial charge < -0.3 is 34.0 Å². The lowest BCUT2D eigenvalue weighted by Crippen LogP contribution is -2.51. The number of aliphatic imine (C=N–C) groups is 1. The largest absolute Gasteiger partial charge is 0.394 e. The van der Waals surface area contributed by atoms with Crippen LogP contribution in [0.25, 0.3) is 0 Å². The maximum Gasteiger partial charge on any atom is 0.394 e. The van der Waals surface area contributed by atoms with E-state index in [-0.39, 0.29) is 12.4 Å². The minimum absolute atomic E-state index is 0.0433. The molecule has 0 spiro atoms. The van der Waals surface area contributed by atoms with Crippen molar-refractivity contribution in [1.29, 1.82) is 0 Å². The van der Waals surface area contributed by atoms with Crippen molar-refractivity contribution < 1.29 is 31.9 Å². The predicted molar refractivity (Wildman–Crippen MR) is 87.0 cm³/mol. The highest BCUT2D eigenvalue weighted by Crippen LogP contribution is 1.98. The van der Waals surface area contributed by atoms with E-state index < -0.39 is 40.2 Å². The van der Waals surface area contributed by atoms with Crippen molar-refractivity contribution in [3.05, 3.63) is 0 Å². The zero-order chi connectivity index (χ0) is 20.2. The molecule has 2 atom stereocenters. The summed E-state index contributed by atoms with van der Waals surface area (Å²) >= 11 is 0. The number of amides is 3. The van der Waals surface area contributed by atoms with Crippen LogP contribution in [0.15, 0.2) is 4.99 Å². The van der Waals surface area contributed by atoms with E-state index in [2.05, 4.69) is 10.3 Å². The molecule has 25 heavy (non-hydrogen) atoms. The lowest BCUT2D eigenvalue weighted by molar-refractivity contribution is -0.130. The standard InChI is InChI=1S/C10H21N7O3.H2O4S/c11-5(2-1-3-16-10(14)15)9(20)17-6(8(13)19)4-7(12)18;1-5(2,3)4/h5-6H,1-4,11H2,(H2,12,18)(H2,13,19)(H,17,20)(H4,14,15,16);(H2,1,2,3,4)/t5-,6-;/m0./s1. The monoisotopic (exact) mass is 385 g/mol. The van der Waals surface area contributed by atoms with E-state index in [9.17, 15) is 14.4 Å². The van der Waals surface area contributed by atoms with Gasteiger partial charge in [0.15, 0.2) is 5.96 Å². The van der Waals surface area contributed by atoms with Gasteiger partial charge in [-0.25, -0.2) is 0 Å². The van der Waals surface area contributed by atoms with Crippen LogP contribution in [0.4, 0.5) is 0 Å². The highest BCUT2D eigenvalue weighted by molar-refractivity contribution is 7.79. The quantitative estimate of drug-likeness (QED) is 0.0814. The van der Waals surface area contributed by atoms with Crippen LogP contribution in [0.2, 0.25) is 0 Å². The lowest BCUT2D eigenvalue weighted by Gasteiger charge is -2.17. The van der Waals surface area contributed by atoms with Crippen molar-refractivity contribution in [3.8, 4) is 0 Å². The van der Waals surface area contributed by atoms with Gasteiger partial charge in [-0.15, -0.1) is 0 Å². The summed E-state index contributed by atoms with van der Waals surface area (Å²) in [5.41, 5.74) is 25.9. The second-order valence-electron chi connectivity index (χ2n) is 4.64. The average Bonchev–Trinajstić information content (AvgIpc) is 2.39. The molecule has 0 fully saturated rings. The number of guanidine groups is 1. The predicted octanol–water partition coefficient (Wildman–Crippen LogP) is -4.44. The summed E-state index contributed by atoms with van der Waals surface area (Å²) in [6.45, 7) is 0.337. The molecule has 0 aliphatic heterocycles. The third-order valence-corrected chi connectivity index (χ3v) is 2.37. The lowest BCUT2D eigenvalue weighted by atomic mass is 10.1. The Bertz CT molecular complexity index is 580. The van der Waals surface area contributed by atoms with Crippen LogP contribution in [-0.4, -0.2) is 59.8 Å². The van der Waals surface area contributed by atoms with Crippen LogP contribution >= 0.6 is 0 Å². The normalized spacial score (nSPS) is 12.8. The molecule has 0 heterocycles. The zero-order valence-electron chi connectivity index (χ0n) is 13.2. The van der Waals surface area contributed by atoms with Crippen molar-refractivity contribution in [1.82, 2.24) is 5.32 Å². The fourth-order valence-electron chi connectivity index (χ4n) is 1.35. The molecular weight excluding hydrogens is 362 g/mol. The molecule has 0 aliphatic rings. The first-order chi connectivity index (χ1) is 11.2. The third kappa shape index (κ3) is 19.5. The number of nitrogens with zero attached hydrogens (tertiary/aromatic N) is 1. The van der Waals surface area contributed by atoms with Gasteiger partial charge in [-0.2, -0.15) is 8.42 Å². The number of nitrogens with one attached hydrogen (secondary N) is 1. The van der Waals surface area contributed by atoms with Crippen LogP contribution in [0, 0.1) is 0 Å². The summed E-state index contributed by atoms with van der Waals surface area (Å²) in [5.74, 6) is -2.25. The minimum atomic E-state index is -4.67. The molecule has 0 saturated carbocycles. The number of primary amides is 2. The van der Waals surface area contributed by atoms with E-state index >= 15 is 0 Å². The van der Waals surface area contributed by atoms with Crippen molar-refractivity contribution in [2.75, 3.05) is 6.54 Å². The topological polar surface area (TPSA) is 280 Å². The molecule has 0 saturated heterocycles. The highest BCUT2D eigenvalue weighted by atomic mass is 32.3. The Morgan fingerprint density at radius 1 is 1.08 bits per heavy atom. The second kappa shape index (κ2) is 12.0. The van der Waals surface area contributed by atoms with E-state index in [1.165, 1.54) is 0 Å². The molecule has 0 aliphatic carbocycles. The molecule has 0 aromatic rings. The zero-order valence-corrected chi connectivity index (χ0v) is 14.0. The number of hydrogen-bond donors (Lipinski definition) is 8. The van der Waals surface area contributed by atoms with Crippen LogP contribution in [0.3, 0.4) is 0 Å². The molecule has 146 valence electrons. The summed E-state index contributed by atoms with van der Waals surface area (Å²) in [6.07, 6.45) is 0.427. The van der Waals surface area contributed by atoms with Crippen molar-refractivity contribution in [2.24, 2.45) is 33.7 Å². The van der Waals surface area contributed by atoms with Crippen molar-refractivity contribution in [3.63, 3.8) is 0 Å². The Morgan fingerprint density at radius 3 is 1.92 bits per heavy atom. The number of carbonyl (C=O) groups excluding carboxylic acids is 3. The van der Waals surface area contributed by atoms with Crippen LogP contribution in [0.5, 0.6) is 0 Å². The molecule has 14 nitrogen and oxygen atoms in total. The van der Waals surface area contributed by atoms with Gasteiger partial charge in [-0.05, 0) is 12.8 Å². The molecule has 0 aromatic carbocycles. The first kappa shape index (κ1) is 24.8. The summed E-state index contributed by atoms with van der Waals surface area (Å²) in [4.78, 5) is 37.2. The SMILES string of the molecule is NC(=O)C[C@H](NC(=O)[C@@H](N)CCCN=C(N)N)C(N)=O.O=S(=O)(O)O. The molecule has 0 bridgehead atoms. The van der Waals surface area contributed by atoms with Gasteiger partial charge in [-0.3, -0.25) is 28.5 Å². The second-order valence-corrected chi connectivity index (χ2v) is 5.53. The number of rotatable bonds is 9. The van der Waals surface area contributed by atoms with Gasteiger partial charge in [0.1, 0.15) is 6.04 Å². The Kier molecular flexibility index (Phi) is 11.8. The molecular formula is C10H23N7O7S. The van der Waals surface area contributed by atoms with E-state index in [1.54, 1.807) is 0 Å². The fourth-order valence-corrected chi connectivity index (χ4v) is 1.35. The van der Waals surface area contributed by atoms with Gasteiger partial charge in [0.05, 0.1) is 12.5 Å². The van der Waals surface area contributed by atoms with E-state index in [1.807, 2.05) is 0 Å². The first-order valence-corrected chi connectivity index (χ1v) is 8.02. The molecule has 0 unspecified atom stereocenters. The number of hydrogen-bond acceptors (Lipinski definition) is 7. The summed E-state index contributed by atoms with van der Waals surface area (Å²) < 4.78 is 31.6. The molecule has 13 N–H and O–H groups in total. The summed E-state index contributed by atoms with van der Waals surface area (Å²) in [5, 5.41) is 2.27. The fraction of sp³-hybridized carbons (Fsp3) is 0.600. The first-order valence-electron chi connectivity index (χ1n) is 6.62. The van der Waals surface area contributed by atoms with Crippen molar-refractivity contribution >= 4 is 34.1 Å². The van der Waals surface area contributed by atoms with Crippen molar-refractivity contribution in [2.45, 2.75) is 31.3 Å². The van der Waals surface area contributed by atoms with Crippen LogP contribution in [-0.2, 0) is 24.8 Å². The smallest absolute Gasteiger partial charge is 0.370 e. The van der Waals surface area contributed by atoms with Crippen LogP contribution < -0.4 is 34.0 Å². The molecule has 0 rings (SSSR count). The molecule has 3 amide bonds. The molecule has 0 aromatic heterocycles. The third-order valence-electron chi connectivity index (χ3n) is 2.37. The van der Waals surface area contributed by atoms with Gasteiger partial charge in [0, 0.05) is 6.54 Å². The van der Waals surface area contributed by atoms with E-state index in [0.29, 0.717) is 19.4 Å². The van der Waals surface area contributed by atoms with Gasteiger partial charge >= 0.3 is 10.4 Å². The number of nitrogens with two attached hydrogens (primary N) is 5. The Hall–Kier alpha value is -2.49. The molecule has 15 heteroatoms. The Labute approximate surface area is 143 Å². The minimum Gasteiger partial charge on any atom is -0.370 e. The maximum absolute atomic E-state index is 11.7. The van der Waals surface area contributed by atoms with E-state index in [4.69, 9.17) is 46.2 Å². The van der Waals surface area contributed by atoms with Gasteiger partial charge in [-0.1, -0.05) is 0 Å². The molecule has 0 radical (unpaired) electrons. The average molecular weight is 385 g/mol. The van der Waals surface area contributed by atoms with E-state index in [0.717, 1.165) is 0 Å². The van der Waals surface area contributed by atoms with Gasteiger partial charge in [0.2, 0.25) is 17.7 Å². The Balaban J connectivity index is 0. The number of carbonyl (C=O) groups is 3. The van der Waals surface area contributed by atoms with Crippen LogP contribution in [0.1, 0.15) is 19.3 Å². The highest BCUT2D eigenvalue weighted by Gasteiger charge is 2.23. The van der Waals surface area contributed by atoms with Gasteiger partial charge in [0.25, 0.3) is 0 Å². The summed E-state index contributed by atoms with van der Waals surface area (Å²) in [6, 6.07) is -2.03.